The Bertz CT molecular complexity index is 1370. The van der Waals surface area contributed by atoms with Crippen molar-refractivity contribution in [1.82, 2.24) is 15.1 Å². The SMILES string of the molecule is CCCNC(=O)CN1C(=O)CS[C@@H](c2cccs2)c2c(-c3ccccc3)nn(-c3cccc(C)c3)c21. The fourth-order valence-corrected chi connectivity index (χ4v) is 6.57. The minimum Gasteiger partial charge on any atom is -0.355 e. The monoisotopic (exact) mass is 516 g/mol. The van der Waals surface area contributed by atoms with Gasteiger partial charge in [-0.2, -0.15) is 5.10 Å². The third kappa shape index (κ3) is 4.83. The number of amides is 2. The number of nitrogens with zero attached hydrogens (tertiary/aromatic N) is 3. The number of fused-ring (bicyclic) bond motifs is 1. The summed E-state index contributed by atoms with van der Waals surface area (Å²) in [6.45, 7) is 4.58. The highest BCUT2D eigenvalue weighted by Crippen LogP contribution is 2.49. The van der Waals surface area contributed by atoms with Gasteiger partial charge in [0.25, 0.3) is 0 Å². The van der Waals surface area contributed by atoms with Gasteiger partial charge in [0, 0.05) is 22.5 Å². The molecule has 1 N–H and O–H groups in total. The molecule has 2 aromatic carbocycles. The van der Waals surface area contributed by atoms with Crippen molar-refractivity contribution in [3.05, 3.63) is 88.1 Å². The summed E-state index contributed by atoms with van der Waals surface area (Å²) in [5.41, 5.74) is 4.72. The van der Waals surface area contributed by atoms with Crippen molar-refractivity contribution >= 4 is 40.7 Å². The maximum absolute atomic E-state index is 13.6. The Hall–Kier alpha value is -3.36. The van der Waals surface area contributed by atoms with Gasteiger partial charge in [-0.1, -0.05) is 55.5 Å². The Balaban J connectivity index is 1.77. The minimum absolute atomic E-state index is 0.0463. The smallest absolute Gasteiger partial charge is 0.240 e. The molecule has 36 heavy (non-hydrogen) atoms. The van der Waals surface area contributed by atoms with Crippen LogP contribution in [-0.2, 0) is 9.59 Å². The van der Waals surface area contributed by atoms with Gasteiger partial charge in [0.15, 0.2) is 0 Å². The topological polar surface area (TPSA) is 67.2 Å². The number of thiophene rings is 1. The first kappa shape index (κ1) is 24.3. The van der Waals surface area contributed by atoms with E-state index in [1.807, 2.05) is 73.1 Å². The second-order valence-electron chi connectivity index (χ2n) is 8.74. The van der Waals surface area contributed by atoms with Crippen LogP contribution in [-0.4, -0.2) is 40.4 Å². The molecule has 6 nitrogen and oxygen atoms in total. The van der Waals surface area contributed by atoms with Crippen molar-refractivity contribution in [1.29, 1.82) is 0 Å². The van der Waals surface area contributed by atoms with Crippen molar-refractivity contribution in [2.45, 2.75) is 25.5 Å². The summed E-state index contributed by atoms with van der Waals surface area (Å²) in [7, 11) is 0. The van der Waals surface area contributed by atoms with Crippen LogP contribution in [0.15, 0.2) is 72.1 Å². The van der Waals surface area contributed by atoms with E-state index >= 15 is 0 Å². The second kappa shape index (κ2) is 10.7. The summed E-state index contributed by atoms with van der Waals surface area (Å²) < 4.78 is 1.85. The highest BCUT2D eigenvalue weighted by atomic mass is 32.2. The predicted molar refractivity (Wildman–Crippen MR) is 148 cm³/mol. The molecule has 1 aliphatic rings. The van der Waals surface area contributed by atoms with Crippen molar-refractivity contribution in [2.75, 3.05) is 23.7 Å². The number of rotatable bonds is 7. The Morgan fingerprint density at radius 2 is 1.94 bits per heavy atom. The second-order valence-corrected chi connectivity index (χ2v) is 10.8. The predicted octanol–water partition coefficient (Wildman–Crippen LogP) is 5.60. The fraction of sp³-hybridized carbons (Fsp3) is 0.250. The quantitative estimate of drug-likeness (QED) is 0.347. The molecule has 1 atom stereocenters. The lowest BCUT2D eigenvalue weighted by Crippen LogP contribution is -2.42. The summed E-state index contributed by atoms with van der Waals surface area (Å²) in [4.78, 5) is 29.3. The first-order chi connectivity index (χ1) is 17.6. The van der Waals surface area contributed by atoms with Crippen LogP contribution in [0.4, 0.5) is 5.82 Å². The minimum atomic E-state index is -0.172. The van der Waals surface area contributed by atoms with Gasteiger partial charge in [0.2, 0.25) is 11.8 Å². The van der Waals surface area contributed by atoms with Crippen LogP contribution in [0.25, 0.3) is 16.9 Å². The van der Waals surface area contributed by atoms with Crippen LogP contribution in [0.3, 0.4) is 0 Å². The molecule has 8 heteroatoms. The zero-order valence-electron chi connectivity index (χ0n) is 20.3. The number of anilines is 1. The molecule has 2 aromatic heterocycles. The van der Waals surface area contributed by atoms with Gasteiger partial charge in [-0.15, -0.1) is 23.1 Å². The van der Waals surface area contributed by atoms with Crippen molar-refractivity contribution in [2.24, 2.45) is 0 Å². The summed E-state index contributed by atoms with van der Waals surface area (Å²) in [5, 5.41) is 10.0. The Morgan fingerprint density at radius 3 is 2.67 bits per heavy atom. The van der Waals surface area contributed by atoms with E-state index in [2.05, 4.69) is 22.8 Å². The van der Waals surface area contributed by atoms with Gasteiger partial charge >= 0.3 is 0 Å². The Labute approximate surface area is 219 Å². The summed E-state index contributed by atoms with van der Waals surface area (Å²) in [6, 6.07) is 22.3. The van der Waals surface area contributed by atoms with Crippen molar-refractivity contribution in [3.63, 3.8) is 0 Å². The average Bonchev–Trinajstić information content (AvgIpc) is 3.53. The molecule has 0 fully saturated rings. The number of carbonyl (C=O) groups excluding carboxylic acids is 2. The highest BCUT2D eigenvalue weighted by Gasteiger charge is 2.38. The zero-order chi connectivity index (χ0) is 25.1. The molecule has 2 amide bonds. The van der Waals surface area contributed by atoms with Gasteiger partial charge in [-0.3, -0.25) is 14.5 Å². The Kier molecular flexibility index (Phi) is 7.25. The van der Waals surface area contributed by atoms with Gasteiger partial charge in [0.05, 0.1) is 22.4 Å². The molecule has 4 aromatic rings. The molecular formula is C28H28N4O2S2. The average molecular weight is 517 g/mol. The van der Waals surface area contributed by atoms with Crippen molar-refractivity contribution < 1.29 is 9.59 Å². The van der Waals surface area contributed by atoms with Crippen molar-refractivity contribution in [3.8, 4) is 16.9 Å². The van der Waals surface area contributed by atoms with E-state index in [0.717, 1.165) is 39.4 Å². The van der Waals surface area contributed by atoms with Gasteiger partial charge in [-0.25, -0.2) is 4.68 Å². The fourth-order valence-electron chi connectivity index (χ4n) is 4.40. The van der Waals surface area contributed by atoms with Crippen LogP contribution in [0.1, 0.15) is 34.6 Å². The maximum Gasteiger partial charge on any atom is 0.240 e. The number of aromatic nitrogens is 2. The first-order valence-electron chi connectivity index (χ1n) is 12.0. The third-order valence-corrected chi connectivity index (χ3v) is 8.38. The van der Waals surface area contributed by atoms with E-state index in [1.54, 1.807) is 28.0 Å². The summed E-state index contributed by atoms with van der Waals surface area (Å²) in [6.07, 6.45) is 0.834. The van der Waals surface area contributed by atoms with E-state index in [0.29, 0.717) is 12.4 Å². The summed E-state index contributed by atoms with van der Waals surface area (Å²) in [5.74, 6) is 0.675. The molecule has 0 saturated carbocycles. The van der Waals surface area contributed by atoms with Gasteiger partial charge in [-0.05, 0) is 42.5 Å². The van der Waals surface area contributed by atoms with Crippen LogP contribution in [0, 0.1) is 6.92 Å². The lowest BCUT2D eigenvalue weighted by atomic mass is 10.0. The molecule has 0 saturated heterocycles. The summed E-state index contributed by atoms with van der Waals surface area (Å²) >= 11 is 3.27. The van der Waals surface area contributed by atoms with E-state index < -0.39 is 0 Å². The Morgan fingerprint density at radius 1 is 1.11 bits per heavy atom. The molecule has 5 rings (SSSR count). The van der Waals surface area contributed by atoms with Gasteiger partial charge < -0.3 is 5.32 Å². The zero-order valence-corrected chi connectivity index (χ0v) is 21.9. The van der Waals surface area contributed by atoms with E-state index in [9.17, 15) is 9.59 Å². The number of nitrogens with one attached hydrogen (secondary N) is 1. The maximum atomic E-state index is 13.6. The largest absolute Gasteiger partial charge is 0.355 e. The van der Waals surface area contributed by atoms with Crippen LogP contribution in [0.5, 0.6) is 0 Å². The molecule has 1 aliphatic heterocycles. The molecule has 184 valence electrons. The standard InChI is InChI=1S/C28H28N4O2S2/c1-3-14-29-23(33)17-31-24(34)18-36-27(22-13-8-15-35-22)25-26(20-10-5-4-6-11-20)30-32(28(25)31)21-12-7-9-19(2)16-21/h4-13,15-16,27H,3,14,17-18H2,1-2H3,(H,29,33)/t27-/m0/s1. The number of benzene rings is 2. The molecule has 3 heterocycles. The molecule has 0 bridgehead atoms. The number of thioether (sulfide) groups is 1. The van der Waals surface area contributed by atoms with E-state index in [1.165, 1.54) is 0 Å². The number of hydrogen-bond acceptors (Lipinski definition) is 5. The first-order valence-corrected chi connectivity index (χ1v) is 14.0. The third-order valence-electron chi connectivity index (χ3n) is 6.06. The van der Waals surface area contributed by atoms with Gasteiger partial charge in [0.1, 0.15) is 12.4 Å². The number of aryl methyl sites for hydroxylation is 1. The molecule has 0 unspecified atom stereocenters. The normalized spacial score (nSPS) is 15.4. The highest BCUT2D eigenvalue weighted by molar-refractivity contribution is 8.00. The number of carbonyl (C=O) groups is 2. The van der Waals surface area contributed by atoms with E-state index in [-0.39, 0.29) is 29.4 Å². The molecular weight excluding hydrogens is 488 g/mol. The lowest BCUT2D eigenvalue weighted by molar-refractivity contribution is -0.122. The molecule has 0 radical (unpaired) electrons. The van der Waals surface area contributed by atoms with Crippen LogP contribution < -0.4 is 10.2 Å². The van der Waals surface area contributed by atoms with Crippen LogP contribution in [0.2, 0.25) is 0 Å². The molecule has 0 spiro atoms. The van der Waals surface area contributed by atoms with E-state index in [4.69, 9.17) is 5.10 Å². The molecule has 0 aliphatic carbocycles. The number of hydrogen-bond donors (Lipinski definition) is 1. The van der Waals surface area contributed by atoms with Crippen LogP contribution >= 0.6 is 23.1 Å². The lowest BCUT2D eigenvalue weighted by Gasteiger charge is -2.23.